The van der Waals surface area contributed by atoms with Crippen LogP contribution >= 0.6 is 35.6 Å². The number of hydrogen-bond donors (Lipinski definition) is 2. The number of piperazine rings is 1. The van der Waals surface area contributed by atoms with Crippen LogP contribution < -0.4 is 10.6 Å². The van der Waals surface area contributed by atoms with Gasteiger partial charge >= 0.3 is 0 Å². The van der Waals surface area contributed by atoms with Gasteiger partial charge in [0.2, 0.25) is 5.91 Å². The first kappa shape index (κ1) is 25.9. The zero-order chi connectivity index (χ0) is 20.2. The maximum absolute atomic E-state index is 11.9. The van der Waals surface area contributed by atoms with Crippen LogP contribution in [0.2, 0.25) is 5.02 Å². The van der Waals surface area contributed by atoms with E-state index < -0.39 is 0 Å². The number of hydrogen-bond acceptors (Lipinski definition) is 4. The summed E-state index contributed by atoms with van der Waals surface area (Å²) in [6, 6.07) is 7.97. The number of amides is 1. The average molecular weight is 538 g/mol. The number of aliphatic imine (C=N–C) groups is 1. The van der Waals surface area contributed by atoms with E-state index >= 15 is 0 Å². The number of carbonyl (C=O) groups excluding carboxylic acids is 1. The van der Waals surface area contributed by atoms with Crippen molar-refractivity contribution in [2.45, 2.75) is 12.8 Å². The summed E-state index contributed by atoms with van der Waals surface area (Å²) < 4.78 is 4.94. The molecule has 1 aliphatic rings. The van der Waals surface area contributed by atoms with Gasteiger partial charge in [-0.25, -0.2) is 0 Å². The molecule has 1 aromatic carbocycles. The number of ether oxygens (including phenoxy) is 1. The lowest BCUT2D eigenvalue weighted by Gasteiger charge is -2.36. The molecular weight excluding hydrogens is 505 g/mol. The fraction of sp³-hybridized carbons (Fsp3) is 0.600. The first-order valence-corrected chi connectivity index (χ1v) is 10.2. The van der Waals surface area contributed by atoms with Gasteiger partial charge in [0.1, 0.15) is 0 Å². The molecule has 1 heterocycles. The molecule has 0 unspecified atom stereocenters. The predicted molar refractivity (Wildman–Crippen MR) is 129 cm³/mol. The van der Waals surface area contributed by atoms with Crippen LogP contribution in [0, 0.1) is 0 Å². The third-order valence-electron chi connectivity index (χ3n) is 4.74. The van der Waals surface area contributed by atoms with Gasteiger partial charge in [0.25, 0.3) is 0 Å². The van der Waals surface area contributed by atoms with Crippen molar-refractivity contribution in [2.24, 2.45) is 4.99 Å². The number of methoxy groups -OCH3 is 1. The Morgan fingerprint density at radius 1 is 1.17 bits per heavy atom. The van der Waals surface area contributed by atoms with Crippen LogP contribution in [0.4, 0.5) is 0 Å². The molecule has 0 spiro atoms. The minimum Gasteiger partial charge on any atom is -0.383 e. The second-order valence-electron chi connectivity index (χ2n) is 6.77. The third kappa shape index (κ3) is 9.50. The van der Waals surface area contributed by atoms with Crippen molar-refractivity contribution in [3.8, 4) is 0 Å². The molecular formula is C20H33ClIN5O2. The average Bonchev–Trinajstić information content (AvgIpc) is 2.70. The first-order chi connectivity index (χ1) is 13.6. The molecule has 29 heavy (non-hydrogen) atoms. The molecule has 0 saturated carbocycles. The van der Waals surface area contributed by atoms with Gasteiger partial charge in [-0.3, -0.25) is 14.7 Å². The quantitative estimate of drug-likeness (QED) is 0.218. The molecule has 1 saturated heterocycles. The summed E-state index contributed by atoms with van der Waals surface area (Å²) >= 11 is 6.21. The van der Waals surface area contributed by atoms with E-state index in [4.69, 9.17) is 16.3 Å². The van der Waals surface area contributed by atoms with Gasteiger partial charge < -0.3 is 20.3 Å². The highest BCUT2D eigenvalue weighted by Gasteiger charge is 2.20. The molecule has 1 aromatic rings. The molecule has 0 atom stereocenters. The van der Waals surface area contributed by atoms with Crippen LogP contribution in [0.3, 0.4) is 0 Å². The number of benzene rings is 1. The molecule has 0 aromatic heterocycles. The van der Waals surface area contributed by atoms with Crippen LogP contribution in [0.1, 0.15) is 12.0 Å². The third-order valence-corrected chi connectivity index (χ3v) is 5.11. The van der Waals surface area contributed by atoms with E-state index in [0.29, 0.717) is 19.7 Å². The Kier molecular flexibility index (Phi) is 13.2. The van der Waals surface area contributed by atoms with Crippen LogP contribution in [0.15, 0.2) is 29.3 Å². The van der Waals surface area contributed by atoms with Crippen molar-refractivity contribution < 1.29 is 9.53 Å². The fourth-order valence-corrected chi connectivity index (χ4v) is 3.41. The van der Waals surface area contributed by atoms with Gasteiger partial charge in [-0.15, -0.1) is 24.0 Å². The molecule has 1 amide bonds. The number of nitrogens with zero attached hydrogens (tertiary/aromatic N) is 3. The summed E-state index contributed by atoms with van der Waals surface area (Å²) in [6.07, 6.45) is 1.93. The lowest BCUT2D eigenvalue weighted by molar-refractivity contribution is -0.122. The van der Waals surface area contributed by atoms with Crippen molar-refractivity contribution in [1.29, 1.82) is 0 Å². The van der Waals surface area contributed by atoms with E-state index in [0.717, 1.165) is 56.5 Å². The summed E-state index contributed by atoms with van der Waals surface area (Å²) in [7, 11) is 3.44. The van der Waals surface area contributed by atoms with Gasteiger partial charge in [0, 0.05) is 58.4 Å². The van der Waals surface area contributed by atoms with Crippen LogP contribution in [-0.2, 0) is 16.0 Å². The fourth-order valence-electron chi connectivity index (χ4n) is 3.18. The molecule has 0 radical (unpaired) electrons. The lowest BCUT2D eigenvalue weighted by Crippen LogP contribution is -2.54. The Balaban J connectivity index is 0.00000420. The summed E-state index contributed by atoms with van der Waals surface area (Å²) in [4.78, 5) is 20.7. The topological polar surface area (TPSA) is 69.2 Å². The van der Waals surface area contributed by atoms with E-state index in [1.807, 2.05) is 25.2 Å². The molecule has 1 aliphatic heterocycles. The summed E-state index contributed by atoms with van der Waals surface area (Å²) in [6.45, 7) is 5.78. The van der Waals surface area contributed by atoms with E-state index in [1.54, 1.807) is 7.11 Å². The van der Waals surface area contributed by atoms with Gasteiger partial charge in [-0.2, -0.15) is 0 Å². The van der Waals surface area contributed by atoms with Crippen LogP contribution in [0.25, 0.3) is 0 Å². The number of halogens is 2. The number of carbonyl (C=O) groups is 1. The largest absolute Gasteiger partial charge is 0.383 e. The zero-order valence-corrected chi connectivity index (χ0v) is 20.4. The Morgan fingerprint density at radius 3 is 2.55 bits per heavy atom. The predicted octanol–water partition coefficient (Wildman–Crippen LogP) is 1.85. The van der Waals surface area contributed by atoms with Crippen molar-refractivity contribution in [2.75, 3.05) is 66.6 Å². The van der Waals surface area contributed by atoms with Crippen molar-refractivity contribution in [3.05, 3.63) is 34.9 Å². The Morgan fingerprint density at radius 2 is 1.90 bits per heavy atom. The normalized spacial score (nSPS) is 15.0. The maximum Gasteiger partial charge on any atom is 0.234 e. The number of guanidine groups is 1. The number of rotatable bonds is 9. The van der Waals surface area contributed by atoms with Gasteiger partial charge in [-0.1, -0.05) is 29.8 Å². The van der Waals surface area contributed by atoms with Crippen molar-refractivity contribution in [1.82, 2.24) is 20.4 Å². The minimum atomic E-state index is 0. The molecule has 7 nitrogen and oxygen atoms in total. The standard InChI is InChI=1S/C20H32ClN5O2.HI/c1-22-20(24-9-5-7-17-6-3-4-8-18(17)21)26-13-11-25(12-14-26)16-19(27)23-10-15-28-2;/h3-4,6,8H,5,7,9-16H2,1-2H3,(H,22,24)(H,23,27);1H. The summed E-state index contributed by atoms with van der Waals surface area (Å²) in [5.41, 5.74) is 1.18. The second kappa shape index (κ2) is 14.8. The highest BCUT2D eigenvalue weighted by atomic mass is 127. The van der Waals surface area contributed by atoms with Gasteiger partial charge in [0.05, 0.1) is 13.2 Å². The zero-order valence-electron chi connectivity index (χ0n) is 17.3. The SMILES string of the molecule is CN=C(NCCCc1ccccc1Cl)N1CCN(CC(=O)NCCOC)CC1.I. The highest BCUT2D eigenvalue weighted by molar-refractivity contribution is 14.0. The Hall–Kier alpha value is -1.10. The summed E-state index contributed by atoms with van der Waals surface area (Å²) in [5.74, 6) is 0.968. The monoisotopic (exact) mass is 537 g/mol. The van der Waals surface area contributed by atoms with Crippen LogP contribution in [-0.4, -0.2) is 88.2 Å². The van der Waals surface area contributed by atoms with E-state index in [9.17, 15) is 4.79 Å². The van der Waals surface area contributed by atoms with Crippen LogP contribution in [0.5, 0.6) is 0 Å². The van der Waals surface area contributed by atoms with E-state index in [1.165, 1.54) is 5.56 Å². The second-order valence-corrected chi connectivity index (χ2v) is 7.18. The Labute approximate surface area is 196 Å². The van der Waals surface area contributed by atoms with E-state index in [2.05, 4.69) is 31.5 Å². The van der Waals surface area contributed by atoms with E-state index in [-0.39, 0.29) is 29.9 Å². The van der Waals surface area contributed by atoms with Gasteiger partial charge in [0.15, 0.2) is 5.96 Å². The molecule has 9 heteroatoms. The summed E-state index contributed by atoms with van der Waals surface area (Å²) in [5, 5.41) is 7.13. The first-order valence-electron chi connectivity index (χ1n) is 9.81. The molecule has 164 valence electrons. The lowest BCUT2D eigenvalue weighted by atomic mass is 10.1. The van der Waals surface area contributed by atoms with Gasteiger partial charge in [-0.05, 0) is 24.5 Å². The molecule has 0 aliphatic carbocycles. The molecule has 2 N–H and O–H groups in total. The number of aryl methyl sites for hydroxylation is 1. The molecule has 2 rings (SSSR count). The molecule has 0 bridgehead atoms. The minimum absolute atomic E-state index is 0. The smallest absolute Gasteiger partial charge is 0.234 e. The highest BCUT2D eigenvalue weighted by Crippen LogP contribution is 2.16. The van der Waals surface area contributed by atoms with Crippen molar-refractivity contribution in [3.63, 3.8) is 0 Å². The van der Waals surface area contributed by atoms with Crippen molar-refractivity contribution >= 4 is 47.4 Å². The number of nitrogens with one attached hydrogen (secondary N) is 2. The Bertz CT molecular complexity index is 639. The maximum atomic E-state index is 11.9. The molecule has 1 fully saturated rings.